The van der Waals surface area contributed by atoms with E-state index in [1.807, 2.05) is 24.3 Å². The van der Waals surface area contributed by atoms with E-state index in [1.54, 1.807) is 0 Å². The van der Waals surface area contributed by atoms with Crippen LogP contribution < -0.4 is 14.4 Å². The summed E-state index contributed by atoms with van der Waals surface area (Å²) in [6.45, 7) is 3.67. The van der Waals surface area contributed by atoms with E-state index in [9.17, 15) is 17.6 Å². The molecule has 1 N–H and O–H groups in total. The van der Waals surface area contributed by atoms with E-state index >= 15 is 0 Å². The third-order valence-electron chi connectivity index (χ3n) is 5.96. The molecule has 0 spiro atoms. The maximum atomic E-state index is 13.4. The Hall–Kier alpha value is -2.65. The van der Waals surface area contributed by atoms with Crippen LogP contribution in [0.1, 0.15) is 44.7 Å². The van der Waals surface area contributed by atoms with E-state index in [-0.39, 0.29) is 11.7 Å². The van der Waals surface area contributed by atoms with Crippen LogP contribution >= 0.6 is 0 Å². The lowest BCUT2D eigenvalue weighted by atomic mass is 9.83. The summed E-state index contributed by atoms with van der Waals surface area (Å²) >= 11 is 0. The maximum absolute atomic E-state index is 13.4. The van der Waals surface area contributed by atoms with Crippen LogP contribution in [-0.2, 0) is 15.0 Å². The standard InChI is InChI=1S/C23H30FN3O4S/c1-5-23(6-2)15-20(19-9-7-8-10-21(19)31-23)25-22(28)16-27(32(29,30)26(3)4)18-13-11-17(24)12-14-18/h7-14,20H,5-6,15-16H2,1-4H3,(H,25,28)/t20-/m0/s1. The molecule has 0 bridgehead atoms. The van der Waals surface area contributed by atoms with Crippen molar-refractivity contribution in [2.24, 2.45) is 0 Å². The van der Waals surface area contributed by atoms with E-state index in [1.165, 1.54) is 26.2 Å². The summed E-state index contributed by atoms with van der Waals surface area (Å²) in [4.78, 5) is 13.1. The minimum Gasteiger partial charge on any atom is -0.487 e. The predicted octanol–water partition coefficient (Wildman–Crippen LogP) is 3.64. The van der Waals surface area contributed by atoms with E-state index in [4.69, 9.17) is 4.74 Å². The van der Waals surface area contributed by atoms with Crippen molar-refractivity contribution in [2.45, 2.75) is 44.8 Å². The summed E-state index contributed by atoms with van der Waals surface area (Å²) in [5.41, 5.74) is 0.667. The zero-order chi connectivity index (χ0) is 23.5. The van der Waals surface area contributed by atoms with Crippen molar-refractivity contribution < 1.29 is 22.3 Å². The Kier molecular flexibility index (Phi) is 7.09. The van der Waals surface area contributed by atoms with Crippen molar-refractivity contribution >= 4 is 21.8 Å². The van der Waals surface area contributed by atoms with Crippen molar-refractivity contribution in [3.8, 4) is 5.75 Å². The van der Waals surface area contributed by atoms with Gasteiger partial charge >= 0.3 is 10.2 Å². The second-order valence-corrected chi connectivity index (χ2v) is 10.2. The molecule has 9 heteroatoms. The summed E-state index contributed by atoms with van der Waals surface area (Å²) < 4.78 is 47.4. The number of anilines is 1. The van der Waals surface area contributed by atoms with Crippen molar-refractivity contribution in [1.29, 1.82) is 0 Å². The summed E-state index contributed by atoms with van der Waals surface area (Å²) in [5, 5.41) is 3.00. The third kappa shape index (κ3) is 4.88. The summed E-state index contributed by atoms with van der Waals surface area (Å²) in [7, 11) is -1.21. The van der Waals surface area contributed by atoms with Gasteiger partial charge < -0.3 is 10.1 Å². The molecular weight excluding hydrogens is 433 g/mol. The monoisotopic (exact) mass is 463 g/mol. The molecule has 32 heavy (non-hydrogen) atoms. The largest absolute Gasteiger partial charge is 0.487 e. The lowest BCUT2D eigenvalue weighted by molar-refractivity contribution is -0.121. The third-order valence-corrected chi connectivity index (χ3v) is 7.78. The molecule has 1 aliphatic rings. The molecule has 0 saturated heterocycles. The molecule has 1 amide bonds. The summed E-state index contributed by atoms with van der Waals surface area (Å²) in [5.74, 6) is -0.221. The highest BCUT2D eigenvalue weighted by Crippen LogP contribution is 2.42. The predicted molar refractivity (Wildman–Crippen MR) is 122 cm³/mol. The number of para-hydroxylation sites is 1. The Morgan fingerprint density at radius 3 is 2.34 bits per heavy atom. The summed E-state index contributed by atoms with van der Waals surface area (Å²) in [6.07, 6.45) is 2.14. The molecular formula is C23H30FN3O4S. The number of nitrogens with one attached hydrogen (secondary N) is 1. The van der Waals surface area contributed by atoms with Crippen LogP contribution in [0.15, 0.2) is 48.5 Å². The van der Waals surface area contributed by atoms with Gasteiger partial charge in [0.2, 0.25) is 5.91 Å². The molecule has 0 radical (unpaired) electrons. The number of amides is 1. The average molecular weight is 464 g/mol. The topological polar surface area (TPSA) is 79.0 Å². The second-order valence-electron chi connectivity index (χ2n) is 8.13. The number of carbonyl (C=O) groups excluding carboxylic acids is 1. The van der Waals surface area contributed by atoms with Gasteiger partial charge in [-0.3, -0.25) is 4.79 Å². The number of fused-ring (bicyclic) bond motifs is 1. The smallest absolute Gasteiger partial charge is 0.304 e. The van der Waals surface area contributed by atoms with Crippen LogP contribution in [0.2, 0.25) is 0 Å². The molecule has 7 nitrogen and oxygen atoms in total. The first kappa shape index (κ1) is 24.0. The molecule has 2 aromatic rings. The number of hydrogen-bond donors (Lipinski definition) is 1. The zero-order valence-electron chi connectivity index (χ0n) is 18.8. The van der Waals surface area contributed by atoms with Crippen LogP contribution in [0.5, 0.6) is 5.75 Å². The lowest BCUT2D eigenvalue weighted by Gasteiger charge is -2.41. The molecule has 1 aliphatic heterocycles. The molecule has 1 heterocycles. The normalized spacial score (nSPS) is 17.4. The van der Waals surface area contributed by atoms with Crippen LogP contribution in [0.3, 0.4) is 0 Å². The van der Waals surface area contributed by atoms with E-state index < -0.39 is 34.1 Å². The van der Waals surface area contributed by atoms with Gasteiger partial charge in [0.05, 0.1) is 11.7 Å². The molecule has 0 saturated carbocycles. The number of hydrogen-bond acceptors (Lipinski definition) is 4. The van der Waals surface area contributed by atoms with Gasteiger partial charge in [0, 0.05) is 26.1 Å². The Morgan fingerprint density at radius 1 is 1.12 bits per heavy atom. The first-order chi connectivity index (χ1) is 15.1. The summed E-state index contributed by atoms with van der Waals surface area (Å²) in [6, 6.07) is 12.3. The van der Waals surface area contributed by atoms with Crippen LogP contribution in [0.4, 0.5) is 10.1 Å². The quantitative estimate of drug-likeness (QED) is 0.648. The molecule has 0 aliphatic carbocycles. The Morgan fingerprint density at radius 2 is 1.75 bits per heavy atom. The van der Waals surface area contributed by atoms with Gasteiger partial charge in [0.25, 0.3) is 0 Å². The Balaban J connectivity index is 1.88. The molecule has 3 rings (SSSR count). The first-order valence-electron chi connectivity index (χ1n) is 10.6. The van der Waals surface area contributed by atoms with Crippen LogP contribution in [-0.4, -0.2) is 44.9 Å². The molecule has 2 aromatic carbocycles. The van der Waals surface area contributed by atoms with Crippen LogP contribution in [0.25, 0.3) is 0 Å². The highest BCUT2D eigenvalue weighted by molar-refractivity contribution is 7.90. The number of carbonyl (C=O) groups is 1. The maximum Gasteiger partial charge on any atom is 0.304 e. The average Bonchev–Trinajstić information content (AvgIpc) is 2.77. The van der Waals surface area contributed by atoms with E-state index in [0.29, 0.717) is 6.42 Å². The molecule has 174 valence electrons. The van der Waals surface area contributed by atoms with Gasteiger partial charge in [-0.25, -0.2) is 8.70 Å². The van der Waals surface area contributed by atoms with Crippen molar-refractivity contribution in [3.05, 3.63) is 59.9 Å². The minimum atomic E-state index is -3.97. The lowest BCUT2D eigenvalue weighted by Crippen LogP contribution is -2.49. The number of halogens is 1. The van der Waals surface area contributed by atoms with Crippen molar-refractivity contribution in [1.82, 2.24) is 9.62 Å². The van der Waals surface area contributed by atoms with Gasteiger partial charge in [-0.2, -0.15) is 12.7 Å². The first-order valence-corrected chi connectivity index (χ1v) is 12.0. The molecule has 0 fully saturated rings. The fraction of sp³-hybridized carbons (Fsp3) is 0.435. The van der Waals surface area contributed by atoms with E-state index in [2.05, 4.69) is 19.2 Å². The fourth-order valence-corrected chi connectivity index (χ4v) is 4.97. The Labute approximate surface area is 189 Å². The van der Waals surface area contributed by atoms with Gasteiger partial charge in [0.1, 0.15) is 23.7 Å². The highest BCUT2D eigenvalue weighted by Gasteiger charge is 2.39. The van der Waals surface area contributed by atoms with Gasteiger partial charge in [-0.15, -0.1) is 0 Å². The molecule has 0 unspecified atom stereocenters. The fourth-order valence-electron chi connectivity index (χ4n) is 3.91. The molecule has 0 aromatic heterocycles. The van der Waals surface area contributed by atoms with Crippen molar-refractivity contribution in [2.75, 3.05) is 24.9 Å². The van der Waals surface area contributed by atoms with Crippen molar-refractivity contribution in [3.63, 3.8) is 0 Å². The SMILES string of the molecule is CCC1(CC)C[C@H](NC(=O)CN(c2ccc(F)cc2)S(=O)(=O)N(C)C)c2ccccc2O1. The number of nitrogens with zero attached hydrogens (tertiary/aromatic N) is 2. The number of rotatable bonds is 8. The molecule has 1 atom stereocenters. The highest BCUT2D eigenvalue weighted by atomic mass is 32.2. The zero-order valence-corrected chi connectivity index (χ0v) is 19.7. The van der Waals surface area contributed by atoms with Gasteiger partial charge in [0.15, 0.2) is 0 Å². The number of ether oxygens (including phenoxy) is 1. The Bertz CT molecular complexity index is 1050. The second kappa shape index (κ2) is 9.46. The van der Waals surface area contributed by atoms with E-state index in [0.717, 1.165) is 44.9 Å². The minimum absolute atomic E-state index is 0.207. The van der Waals surface area contributed by atoms with Crippen LogP contribution in [0, 0.1) is 5.82 Å². The number of benzene rings is 2. The van der Waals surface area contributed by atoms with Gasteiger partial charge in [-0.05, 0) is 43.2 Å². The van der Waals surface area contributed by atoms with Gasteiger partial charge in [-0.1, -0.05) is 32.0 Å².